The van der Waals surface area contributed by atoms with E-state index in [2.05, 4.69) is 27.8 Å². The molecule has 0 radical (unpaired) electrons. The Morgan fingerprint density at radius 3 is 2.64 bits per heavy atom. The molecular formula is C21H26FIN4O. The Bertz CT molecular complexity index is 856. The minimum absolute atomic E-state index is 0. The van der Waals surface area contributed by atoms with Crippen molar-refractivity contribution in [2.75, 3.05) is 20.1 Å². The summed E-state index contributed by atoms with van der Waals surface area (Å²) in [7, 11) is 1.65. The second-order valence-corrected chi connectivity index (χ2v) is 6.70. The lowest BCUT2D eigenvalue weighted by atomic mass is 10.00. The molecule has 0 saturated heterocycles. The van der Waals surface area contributed by atoms with Crippen LogP contribution in [0.5, 0.6) is 0 Å². The molecule has 150 valence electrons. The predicted molar refractivity (Wildman–Crippen MR) is 120 cm³/mol. The van der Waals surface area contributed by atoms with Crippen molar-refractivity contribution < 1.29 is 9.18 Å². The molecule has 1 aliphatic rings. The van der Waals surface area contributed by atoms with Gasteiger partial charge in [-0.1, -0.05) is 36.4 Å². The first-order valence-corrected chi connectivity index (χ1v) is 9.11. The minimum atomic E-state index is -0.224. The number of carbonyl (C=O) groups is 1. The van der Waals surface area contributed by atoms with E-state index in [0.29, 0.717) is 24.6 Å². The lowest BCUT2D eigenvalue weighted by molar-refractivity contribution is -0.130. The highest BCUT2D eigenvalue weighted by atomic mass is 127. The molecule has 0 atom stereocenters. The maximum absolute atomic E-state index is 13.6. The van der Waals surface area contributed by atoms with Crippen molar-refractivity contribution in [1.29, 1.82) is 0 Å². The van der Waals surface area contributed by atoms with Gasteiger partial charge in [-0.25, -0.2) is 4.39 Å². The lowest BCUT2D eigenvalue weighted by Gasteiger charge is -2.29. The Balaban J connectivity index is 0.00000280. The summed E-state index contributed by atoms with van der Waals surface area (Å²) in [4.78, 5) is 18.5. The molecule has 1 amide bonds. The van der Waals surface area contributed by atoms with Crippen LogP contribution in [0.4, 0.5) is 4.39 Å². The maximum Gasteiger partial charge on any atom is 0.242 e. The molecule has 0 spiro atoms. The van der Waals surface area contributed by atoms with Crippen LogP contribution in [-0.2, 0) is 24.3 Å². The summed E-state index contributed by atoms with van der Waals surface area (Å²) in [5.74, 6) is 0.327. The number of nitrogens with one attached hydrogen (secondary N) is 2. The van der Waals surface area contributed by atoms with E-state index in [1.165, 1.54) is 17.2 Å². The number of hydrogen-bond acceptors (Lipinski definition) is 2. The van der Waals surface area contributed by atoms with Crippen LogP contribution in [0.3, 0.4) is 0 Å². The Labute approximate surface area is 182 Å². The van der Waals surface area contributed by atoms with Gasteiger partial charge in [-0.05, 0) is 41.7 Å². The summed E-state index contributed by atoms with van der Waals surface area (Å²) in [5, 5.41) is 6.15. The number of benzene rings is 2. The smallest absolute Gasteiger partial charge is 0.242 e. The topological polar surface area (TPSA) is 56.7 Å². The number of hydrogen-bond donors (Lipinski definition) is 2. The van der Waals surface area contributed by atoms with Crippen LogP contribution in [-0.4, -0.2) is 36.9 Å². The third kappa shape index (κ3) is 5.67. The average molecular weight is 496 g/mol. The second-order valence-electron chi connectivity index (χ2n) is 6.70. The molecule has 2 aromatic rings. The predicted octanol–water partition coefficient (Wildman–Crippen LogP) is 3.00. The molecule has 1 aliphatic heterocycles. The number of guanidine groups is 1. The number of carbonyl (C=O) groups excluding carboxylic acids is 1. The quantitative estimate of drug-likeness (QED) is 0.389. The van der Waals surface area contributed by atoms with Crippen molar-refractivity contribution in [2.45, 2.75) is 26.4 Å². The third-order valence-corrected chi connectivity index (χ3v) is 4.81. The summed E-state index contributed by atoms with van der Waals surface area (Å²) in [5.41, 5.74) is 3.97. The van der Waals surface area contributed by atoms with Crippen LogP contribution in [0.1, 0.15) is 22.3 Å². The van der Waals surface area contributed by atoms with Gasteiger partial charge in [0, 0.05) is 26.7 Å². The van der Waals surface area contributed by atoms with E-state index < -0.39 is 0 Å². The second kappa shape index (κ2) is 10.4. The Morgan fingerprint density at radius 2 is 1.93 bits per heavy atom. The van der Waals surface area contributed by atoms with Crippen LogP contribution in [0, 0.1) is 12.7 Å². The summed E-state index contributed by atoms with van der Waals surface area (Å²) in [6, 6.07) is 13.4. The number of halogens is 2. The van der Waals surface area contributed by atoms with Gasteiger partial charge in [-0.15, -0.1) is 24.0 Å². The van der Waals surface area contributed by atoms with Crippen molar-refractivity contribution in [2.24, 2.45) is 4.99 Å². The maximum atomic E-state index is 13.6. The average Bonchev–Trinajstić information content (AvgIpc) is 2.70. The minimum Gasteiger partial charge on any atom is -0.352 e. The van der Waals surface area contributed by atoms with Gasteiger partial charge in [0.1, 0.15) is 5.82 Å². The van der Waals surface area contributed by atoms with Gasteiger partial charge in [-0.3, -0.25) is 9.79 Å². The van der Waals surface area contributed by atoms with Gasteiger partial charge in [0.25, 0.3) is 0 Å². The van der Waals surface area contributed by atoms with E-state index in [-0.39, 0.29) is 42.2 Å². The highest BCUT2D eigenvalue weighted by Gasteiger charge is 2.20. The number of aryl methyl sites for hydroxylation is 1. The van der Waals surface area contributed by atoms with Crippen LogP contribution >= 0.6 is 24.0 Å². The third-order valence-electron chi connectivity index (χ3n) is 4.81. The van der Waals surface area contributed by atoms with Gasteiger partial charge >= 0.3 is 0 Å². The highest BCUT2D eigenvalue weighted by Crippen LogP contribution is 2.18. The first-order chi connectivity index (χ1) is 13.1. The summed E-state index contributed by atoms with van der Waals surface area (Å²) >= 11 is 0. The van der Waals surface area contributed by atoms with Crippen LogP contribution < -0.4 is 10.6 Å². The molecule has 2 N–H and O–H groups in total. The van der Waals surface area contributed by atoms with E-state index in [1.807, 2.05) is 23.1 Å². The summed E-state index contributed by atoms with van der Waals surface area (Å²) in [6.45, 7) is 3.71. The van der Waals surface area contributed by atoms with Crippen molar-refractivity contribution in [3.05, 3.63) is 70.5 Å². The molecule has 5 nitrogen and oxygen atoms in total. The Kier molecular flexibility index (Phi) is 8.22. The molecule has 0 unspecified atom stereocenters. The van der Waals surface area contributed by atoms with Gasteiger partial charge in [-0.2, -0.15) is 0 Å². The fourth-order valence-electron chi connectivity index (χ4n) is 3.13. The first kappa shape index (κ1) is 22.1. The van der Waals surface area contributed by atoms with E-state index in [4.69, 9.17) is 0 Å². The number of amides is 1. The molecule has 1 heterocycles. The molecule has 0 bridgehead atoms. The molecule has 0 fully saturated rings. The molecule has 0 saturated carbocycles. The SMILES string of the molecule is CN=C(NCC(=O)N1CCc2ccccc2C1)NCc1ccc(C)c(F)c1.I. The molecule has 2 aromatic carbocycles. The van der Waals surface area contributed by atoms with E-state index in [1.54, 1.807) is 20.0 Å². The van der Waals surface area contributed by atoms with E-state index in [0.717, 1.165) is 18.5 Å². The van der Waals surface area contributed by atoms with E-state index >= 15 is 0 Å². The standard InChI is InChI=1S/C21H25FN4O.HI/c1-15-7-8-16(11-19(15)22)12-24-21(23-2)25-13-20(27)26-10-9-17-5-3-4-6-18(17)14-26;/h3-8,11H,9-10,12-14H2,1-2H3,(H2,23,24,25);1H. The zero-order chi connectivity index (χ0) is 19.2. The van der Waals surface area contributed by atoms with E-state index in [9.17, 15) is 9.18 Å². The number of fused-ring (bicyclic) bond motifs is 1. The summed E-state index contributed by atoms with van der Waals surface area (Å²) in [6.07, 6.45) is 0.883. The van der Waals surface area contributed by atoms with Crippen molar-refractivity contribution in [3.63, 3.8) is 0 Å². The largest absolute Gasteiger partial charge is 0.352 e. The fourth-order valence-corrected chi connectivity index (χ4v) is 3.13. The van der Waals surface area contributed by atoms with Gasteiger partial charge in [0.05, 0.1) is 6.54 Å². The molecule has 7 heteroatoms. The highest BCUT2D eigenvalue weighted by molar-refractivity contribution is 14.0. The lowest BCUT2D eigenvalue weighted by Crippen LogP contribution is -2.45. The number of aliphatic imine (C=N–C) groups is 1. The molecule has 0 aromatic heterocycles. The fraction of sp³-hybridized carbons (Fsp3) is 0.333. The molecule has 28 heavy (non-hydrogen) atoms. The van der Waals surface area contributed by atoms with Crippen LogP contribution in [0.15, 0.2) is 47.5 Å². The number of nitrogens with zero attached hydrogens (tertiary/aromatic N) is 2. The molecular weight excluding hydrogens is 470 g/mol. The normalized spacial score (nSPS) is 13.4. The Hall–Kier alpha value is -2.16. The van der Waals surface area contributed by atoms with Gasteiger partial charge < -0.3 is 15.5 Å². The Morgan fingerprint density at radius 1 is 1.18 bits per heavy atom. The summed E-state index contributed by atoms with van der Waals surface area (Å²) < 4.78 is 13.6. The molecule has 0 aliphatic carbocycles. The van der Waals surface area contributed by atoms with Crippen LogP contribution in [0.2, 0.25) is 0 Å². The van der Waals surface area contributed by atoms with Crippen molar-refractivity contribution >= 4 is 35.8 Å². The van der Waals surface area contributed by atoms with Gasteiger partial charge in [0.2, 0.25) is 5.91 Å². The zero-order valence-corrected chi connectivity index (χ0v) is 18.5. The van der Waals surface area contributed by atoms with Gasteiger partial charge in [0.15, 0.2) is 5.96 Å². The number of rotatable bonds is 4. The van der Waals surface area contributed by atoms with Crippen LogP contribution in [0.25, 0.3) is 0 Å². The monoisotopic (exact) mass is 496 g/mol. The zero-order valence-electron chi connectivity index (χ0n) is 16.2. The molecule has 3 rings (SSSR count). The van der Waals surface area contributed by atoms with Crippen molar-refractivity contribution in [1.82, 2.24) is 15.5 Å². The van der Waals surface area contributed by atoms with Crippen molar-refractivity contribution in [3.8, 4) is 0 Å². The first-order valence-electron chi connectivity index (χ1n) is 9.11.